The van der Waals surface area contributed by atoms with Gasteiger partial charge in [0.15, 0.2) is 4.34 Å². The van der Waals surface area contributed by atoms with Crippen molar-refractivity contribution in [2.45, 2.75) is 17.0 Å². The van der Waals surface area contributed by atoms with Crippen LogP contribution in [-0.4, -0.2) is 9.97 Å². The third-order valence-corrected chi connectivity index (χ3v) is 6.30. The van der Waals surface area contributed by atoms with Crippen molar-refractivity contribution in [2.24, 2.45) is 0 Å². The fourth-order valence-electron chi connectivity index (χ4n) is 1.58. The van der Waals surface area contributed by atoms with Crippen LogP contribution < -0.4 is 0 Å². The second-order valence-electron chi connectivity index (χ2n) is 3.69. The Balaban J connectivity index is 1.78. The first-order chi connectivity index (χ1) is 8.72. The summed E-state index contributed by atoms with van der Waals surface area (Å²) in [5, 5.41) is 1.10. The Bertz CT molecular complexity index is 657. The van der Waals surface area contributed by atoms with Crippen LogP contribution >= 0.6 is 50.4 Å². The lowest BCUT2D eigenvalue weighted by atomic mass is 10.3. The predicted octanol–water partition coefficient (Wildman–Crippen LogP) is 5.12. The monoisotopic (exact) mass is 356 g/mol. The van der Waals surface area contributed by atoms with Crippen LogP contribution in [0, 0.1) is 6.92 Å². The number of fused-ring (bicyclic) bond motifs is 1. The Labute approximate surface area is 126 Å². The first-order valence-corrected chi connectivity index (χ1v) is 8.74. The molecule has 0 N–H and O–H groups in total. The smallest absolute Gasteiger partial charge is 0.151 e. The Morgan fingerprint density at radius 1 is 1.22 bits per heavy atom. The minimum atomic E-state index is 0.866. The number of thioether (sulfide) groups is 1. The van der Waals surface area contributed by atoms with Gasteiger partial charge in [0, 0.05) is 5.75 Å². The van der Waals surface area contributed by atoms with Crippen LogP contribution in [0.3, 0.4) is 0 Å². The third kappa shape index (κ3) is 2.61. The van der Waals surface area contributed by atoms with E-state index >= 15 is 0 Å². The maximum absolute atomic E-state index is 4.61. The molecular weight excluding hydrogens is 348 g/mol. The fraction of sp³-hybridized carbons (Fsp3) is 0.167. The van der Waals surface area contributed by atoms with Crippen molar-refractivity contribution in [3.8, 4) is 0 Å². The lowest BCUT2D eigenvalue weighted by molar-refractivity contribution is 1.16. The molecule has 0 fully saturated rings. The van der Waals surface area contributed by atoms with E-state index in [9.17, 15) is 0 Å². The van der Waals surface area contributed by atoms with E-state index in [1.165, 1.54) is 4.70 Å². The topological polar surface area (TPSA) is 25.8 Å². The van der Waals surface area contributed by atoms with E-state index in [0.717, 1.165) is 30.1 Å². The predicted molar refractivity (Wildman–Crippen MR) is 83.7 cm³/mol. The van der Waals surface area contributed by atoms with E-state index in [1.54, 1.807) is 34.4 Å². The molecule has 0 atom stereocenters. The van der Waals surface area contributed by atoms with Gasteiger partial charge in [0.2, 0.25) is 0 Å². The average Bonchev–Trinajstić information content (AvgIpc) is 2.89. The van der Waals surface area contributed by atoms with Crippen LogP contribution in [0.2, 0.25) is 0 Å². The van der Waals surface area contributed by atoms with Crippen molar-refractivity contribution in [1.29, 1.82) is 0 Å². The zero-order chi connectivity index (χ0) is 12.5. The summed E-state index contributed by atoms with van der Waals surface area (Å²) in [6.07, 6.45) is 0. The summed E-state index contributed by atoms with van der Waals surface area (Å²) in [5.74, 6) is 0.866. The van der Waals surface area contributed by atoms with Crippen molar-refractivity contribution in [2.75, 3.05) is 0 Å². The summed E-state index contributed by atoms with van der Waals surface area (Å²) >= 11 is 8.73. The van der Waals surface area contributed by atoms with E-state index in [0.29, 0.717) is 0 Å². The fourth-order valence-corrected chi connectivity index (χ4v) is 5.45. The van der Waals surface area contributed by atoms with Crippen LogP contribution in [0.15, 0.2) is 32.4 Å². The molecule has 0 aliphatic carbocycles. The van der Waals surface area contributed by atoms with E-state index in [-0.39, 0.29) is 0 Å². The second-order valence-corrected chi connectivity index (χ2v) is 8.46. The standard InChI is InChI=1S/C12H9BrN2S3/c1-7-14-9(11(13)17-7)6-16-12-15-8-4-2-3-5-10(8)18-12/h2-5H,6H2,1H3. The summed E-state index contributed by atoms with van der Waals surface area (Å²) in [4.78, 5) is 9.11. The van der Waals surface area contributed by atoms with Crippen molar-refractivity contribution in [1.82, 2.24) is 9.97 Å². The average molecular weight is 357 g/mol. The summed E-state index contributed by atoms with van der Waals surface area (Å²) < 4.78 is 3.48. The molecule has 0 bridgehead atoms. The van der Waals surface area contributed by atoms with Gasteiger partial charge in [-0.25, -0.2) is 9.97 Å². The van der Waals surface area contributed by atoms with Crippen LogP contribution in [-0.2, 0) is 5.75 Å². The molecule has 0 aliphatic rings. The maximum atomic E-state index is 4.61. The summed E-state index contributed by atoms with van der Waals surface area (Å²) in [7, 11) is 0. The highest BCUT2D eigenvalue weighted by Crippen LogP contribution is 2.34. The Morgan fingerprint density at radius 3 is 2.78 bits per heavy atom. The zero-order valence-electron chi connectivity index (χ0n) is 9.51. The number of benzene rings is 1. The van der Waals surface area contributed by atoms with Gasteiger partial charge in [0.05, 0.1) is 24.7 Å². The zero-order valence-corrected chi connectivity index (χ0v) is 13.5. The van der Waals surface area contributed by atoms with Crippen LogP contribution in [0.4, 0.5) is 0 Å². The first kappa shape index (κ1) is 12.6. The number of rotatable bonds is 3. The molecule has 2 aromatic heterocycles. The van der Waals surface area contributed by atoms with Gasteiger partial charge in [0.25, 0.3) is 0 Å². The largest absolute Gasteiger partial charge is 0.244 e. The molecule has 0 spiro atoms. The number of hydrogen-bond donors (Lipinski definition) is 0. The first-order valence-electron chi connectivity index (χ1n) is 5.32. The molecule has 3 rings (SSSR count). The number of halogens is 1. The summed E-state index contributed by atoms with van der Waals surface area (Å²) in [5.41, 5.74) is 2.19. The van der Waals surface area contributed by atoms with Gasteiger partial charge in [-0.2, -0.15) is 0 Å². The minimum Gasteiger partial charge on any atom is -0.244 e. The molecule has 2 nitrogen and oxygen atoms in total. The van der Waals surface area contributed by atoms with Gasteiger partial charge in [-0.1, -0.05) is 23.9 Å². The van der Waals surface area contributed by atoms with Crippen molar-refractivity contribution < 1.29 is 0 Å². The molecule has 1 aromatic carbocycles. The number of aryl methyl sites for hydroxylation is 1. The van der Waals surface area contributed by atoms with Crippen molar-refractivity contribution in [3.63, 3.8) is 0 Å². The highest BCUT2D eigenvalue weighted by Gasteiger charge is 2.09. The molecule has 6 heteroatoms. The number of aromatic nitrogens is 2. The van der Waals surface area contributed by atoms with Crippen molar-refractivity contribution >= 4 is 60.6 Å². The van der Waals surface area contributed by atoms with E-state index in [1.807, 2.05) is 13.0 Å². The van der Waals surface area contributed by atoms with Crippen LogP contribution in [0.5, 0.6) is 0 Å². The van der Waals surface area contributed by atoms with Gasteiger partial charge in [0.1, 0.15) is 0 Å². The molecule has 0 aliphatic heterocycles. The van der Waals surface area contributed by atoms with Gasteiger partial charge in [-0.3, -0.25) is 0 Å². The van der Waals surface area contributed by atoms with Gasteiger partial charge in [-0.05, 0) is 35.0 Å². The maximum Gasteiger partial charge on any atom is 0.151 e. The van der Waals surface area contributed by atoms with Gasteiger partial charge >= 0.3 is 0 Å². The Kier molecular flexibility index (Phi) is 3.70. The van der Waals surface area contributed by atoms with Crippen LogP contribution in [0.25, 0.3) is 10.2 Å². The van der Waals surface area contributed by atoms with E-state index < -0.39 is 0 Å². The molecule has 0 radical (unpaired) electrons. The van der Waals surface area contributed by atoms with E-state index in [2.05, 4.69) is 44.1 Å². The highest BCUT2D eigenvalue weighted by molar-refractivity contribution is 9.11. The SMILES string of the molecule is Cc1nc(CSc2nc3ccccc3s2)c(Br)s1. The molecule has 18 heavy (non-hydrogen) atoms. The normalized spacial score (nSPS) is 11.2. The molecule has 0 saturated heterocycles. The molecule has 2 heterocycles. The summed E-state index contributed by atoms with van der Waals surface area (Å²) in [6.45, 7) is 2.03. The quantitative estimate of drug-likeness (QED) is 0.609. The van der Waals surface area contributed by atoms with Gasteiger partial charge in [-0.15, -0.1) is 22.7 Å². The Morgan fingerprint density at radius 2 is 2.06 bits per heavy atom. The molecule has 0 saturated carbocycles. The van der Waals surface area contributed by atoms with Gasteiger partial charge < -0.3 is 0 Å². The van der Waals surface area contributed by atoms with Crippen LogP contribution in [0.1, 0.15) is 10.7 Å². The third-order valence-electron chi connectivity index (χ3n) is 2.36. The van der Waals surface area contributed by atoms with E-state index in [4.69, 9.17) is 0 Å². The molecule has 3 aromatic rings. The molecule has 0 amide bonds. The number of nitrogens with zero attached hydrogens (tertiary/aromatic N) is 2. The number of hydrogen-bond acceptors (Lipinski definition) is 5. The Hall–Kier alpha value is -0.430. The number of para-hydroxylation sites is 1. The molecular formula is C12H9BrN2S3. The molecule has 92 valence electrons. The molecule has 0 unspecified atom stereocenters. The lowest BCUT2D eigenvalue weighted by Crippen LogP contribution is -1.81. The van der Waals surface area contributed by atoms with Crippen molar-refractivity contribution in [3.05, 3.63) is 38.8 Å². The summed E-state index contributed by atoms with van der Waals surface area (Å²) in [6, 6.07) is 8.24. The second kappa shape index (κ2) is 5.28. The lowest BCUT2D eigenvalue weighted by Gasteiger charge is -1.94. The highest BCUT2D eigenvalue weighted by atomic mass is 79.9. The number of thiazole rings is 2. The minimum absolute atomic E-state index is 0.866.